The average molecular weight is 642 g/mol. The second-order valence-corrected chi connectivity index (χ2v) is 17.6. The van der Waals surface area contributed by atoms with E-state index >= 15 is 0 Å². The van der Waals surface area contributed by atoms with Gasteiger partial charge in [-0.05, 0) is 0 Å². The van der Waals surface area contributed by atoms with Crippen LogP contribution in [0.25, 0.3) is 0 Å². The molecule has 0 aliphatic heterocycles. The van der Waals surface area contributed by atoms with Crippen LogP contribution in [0.2, 0.25) is 0 Å². The monoisotopic (exact) mass is 642 g/mol. The van der Waals surface area contributed by atoms with Crippen molar-refractivity contribution >= 4 is 55.4 Å². The van der Waals surface area contributed by atoms with E-state index in [2.05, 4.69) is 170 Å². The van der Waals surface area contributed by atoms with Gasteiger partial charge >= 0.3 is 242 Å². The number of hydrogen-bond donors (Lipinski definition) is 0. The van der Waals surface area contributed by atoms with E-state index in [4.69, 9.17) is 0 Å². The van der Waals surface area contributed by atoms with Gasteiger partial charge in [0.15, 0.2) is 0 Å². The van der Waals surface area contributed by atoms with Crippen LogP contribution < -0.4 is 26.1 Å². The zero-order chi connectivity index (χ0) is 24.4. The summed E-state index contributed by atoms with van der Waals surface area (Å²) in [6, 6.07) is 61.2. The van der Waals surface area contributed by atoms with Crippen molar-refractivity contribution in [2.45, 2.75) is 0 Å². The molecule has 182 valence electrons. The molecule has 0 spiro atoms. The van der Waals surface area contributed by atoms with E-state index < -0.39 is 29.3 Å². The summed E-state index contributed by atoms with van der Waals surface area (Å²) in [5, 5.41) is 0. The number of rotatable bonds is 6. The van der Waals surface area contributed by atoms with Crippen LogP contribution in [0, 0.1) is 0 Å². The zero-order valence-electron chi connectivity index (χ0n) is 20.4. The minimum atomic E-state index is -1.34. The van der Waals surface area contributed by atoms with E-state index in [-0.39, 0.29) is 17.1 Å². The van der Waals surface area contributed by atoms with Crippen LogP contribution >= 0.6 is 0 Å². The molecule has 3 heteroatoms. The quantitative estimate of drug-likeness (QED) is 0.192. The van der Waals surface area contributed by atoms with Gasteiger partial charge in [0.05, 0.1) is 0 Å². The Morgan fingerprint density at radius 3 is 0.811 bits per heavy atom. The molecule has 0 aromatic heterocycles. The molecule has 6 aromatic carbocycles. The van der Waals surface area contributed by atoms with E-state index in [0.717, 1.165) is 0 Å². The van der Waals surface area contributed by atoms with Gasteiger partial charge in [-0.25, -0.2) is 0 Å². The van der Waals surface area contributed by atoms with Crippen LogP contribution in [0.15, 0.2) is 170 Å². The molecule has 0 saturated carbocycles. The summed E-state index contributed by atoms with van der Waals surface area (Å²) in [4.78, 5) is 0. The molecule has 0 N–H and O–H groups in total. The molecule has 0 aliphatic rings. The summed E-state index contributed by atoms with van der Waals surface area (Å²) in [6.07, 6.45) is 0. The third kappa shape index (κ3) is 7.16. The summed E-state index contributed by atoms with van der Waals surface area (Å²) < 4.78 is 8.95. The SMILES string of the molecule is [Fe+2].c1ccc([As](c2ccccc2)c2ccc[cH-]2)cc1.c1ccc([As](c2ccccc2)c2ccc[cH-]2)cc1. The third-order valence-corrected chi connectivity index (χ3v) is 16.1. The van der Waals surface area contributed by atoms with Crippen LogP contribution in [0.5, 0.6) is 0 Å². The van der Waals surface area contributed by atoms with Gasteiger partial charge < -0.3 is 0 Å². The van der Waals surface area contributed by atoms with Crippen LogP contribution in [0.1, 0.15) is 0 Å². The summed E-state index contributed by atoms with van der Waals surface area (Å²) in [5.74, 6) is 0. The Balaban J connectivity index is 0.000000168. The van der Waals surface area contributed by atoms with E-state index in [1.54, 1.807) is 0 Å². The van der Waals surface area contributed by atoms with E-state index in [1.165, 1.54) is 26.1 Å². The van der Waals surface area contributed by atoms with Crippen LogP contribution in [0.4, 0.5) is 0 Å². The Kier molecular flexibility index (Phi) is 10.5. The molecule has 0 heterocycles. The van der Waals surface area contributed by atoms with Gasteiger partial charge in [0, 0.05) is 0 Å². The zero-order valence-corrected chi connectivity index (χ0v) is 25.3. The van der Waals surface area contributed by atoms with Crippen molar-refractivity contribution in [1.82, 2.24) is 0 Å². The molecular weight excluding hydrogens is 614 g/mol. The maximum atomic E-state index is 2.26. The van der Waals surface area contributed by atoms with Crippen molar-refractivity contribution in [2.75, 3.05) is 0 Å². The predicted molar refractivity (Wildman–Crippen MR) is 159 cm³/mol. The summed E-state index contributed by atoms with van der Waals surface area (Å²) in [5.41, 5.74) is 0. The van der Waals surface area contributed by atoms with Crippen LogP contribution in [0.3, 0.4) is 0 Å². The predicted octanol–water partition coefficient (Wildman–Crippen LogP) is 3.84. The second kappa shape index (κ2) is 14.2. The van der Waals surface area contributed by atoms with Gasteiger partial charge in [-0.2, -0.15) is 0 Å². The topological polar surface area (TPSA) is 0 Å². The fourth-order valence-electron chi connectivity index (χ4n) is 4.23. The van der Waals surface area contributed by atoms with Gasteiger partial charge in [-0.15, -0.1) is 0 Å². The normalized spacial score (nSPS) is 10.4. The number of hydrogen-bond acceptors (Lipinski definition) is 0. The molecule has 37 heavy (non-hydrogen) atoms. The third-order valence-electron chi connectivity index (χ3n) is 5.86. The fourth-order valence-corrected chi connectivity index (χ4v) is 13.9. The van der Waals surface area contributed by atoms with Crippen molar-refractivity contribution < 1.29 is 17.1 Å². The standard InChI is InChI=1S/2C17H14As.Fe/c2*1-3-9-15(10-4-1)18(17-13-7-8-14-17)16-11-5-2-6-12-16;/h2*1-14H;/q2*-1;+2. The molecule has 0 radical (unpaired) electrons. The Morgan fingerprint density at radius 1 is 0.324 bits per heavy atom. The summed E-state index contributed by atoms with van der Waals surface area (Å²) in [6.45, 7) is 0. The summed E-state index contributed by atoms with van der Waals surface area (Å²) >= 11 is -2.68. The molecule has 0 amide bonds. The minimum absolute atomic E-state index is 0. The fraction of sp³-hybridized carbons (Fsp3) is 0. The Hall–Kier alpha value is -2.78. The molecule has 0 fully saturated rings. The van der Waals surface area contributed by atoms with Gasteiger partial charge in [0.25, 0.3) is 0 Å². The van der Waals surface area contributed by atoms with Crippen molar-refractivity contribution in [1.29, 1.82) is 0 Å². The van der Waals surface area contributed by atoms with Crippen LogP contribution in [-0.4, -0.2) is 29.3 Å². The first kappa shape index (κ1) is 27.3. The average Bonchev–Trinajstić information content (AvgIpc) is 3.68. The van der Waals surface area contributed by atoms with Crippen molar-refractivity contribution in [3.05, 3.63) is 170 Å². The Bertz CT molecular complexity index is 1210. The van der Waals surface area contributed by atoms with Crippen LogP contribution in [-0.2, 0) is 17.1 Å². The van der Waals surface area contributed by atoms with E-state index in [1.807, 2.05) is 0 Å². The summed E-state index contributed by atoms with van der Waals surface area (Å²) in [7, 11) is 0. The van der Waals surface area contributed by atoms with Crippen molar-refractivity contribution in [2.24, 2.45) is 0 Å². The molecular formula is C34H28As2Fe. The second-order valence-electron chi connectivity index (χ2n) is 8.30. The van der Waals surface area contributed by atoms with Gasteiger partial charge in [-0.1, -0.05) is 0 Å². The first-order valence-corrected chi connectivity index (χ1v) is 17.8. The van der Waals surface area contributed by atoms with Gasteiger partial charge in [0.1, 0.15) is 0 Å². The molecule has 0 saturated heterocycles. The molecule has 0 nitrogen and oxygen atoms in total. The molecule has 0 atom stereocenters. The van der Waals surface area contributed by atoms with Crippen molar-refractivity contribution in [3.63, 3.8) is 0 Å². The van der Waals surface area contributed by atoms with E-state index in [9.17, 15) is 0 Å². The molecule has 0 bridgehead atoms. The first-order valence-electron chi connectivity index (χ1n) is 12.1. The molecule has 6 aromatic rings. The number of benzene rings is 4. The Labute approximate surface area is 240 Å². The molecule has 0 aliphatic carbocycles. The molecule has 0 unspecified atom stereocenters. The first-order chi connectivity index (χ1) is 17.9. The maximum absolute atomic E-state index is 2.26. The molecule has 6 rings (SSSR count). The van der Waals surface area contributed by atoms with Gasteiger partial charge in [0.2, 0.25) is 0 Å². The Morgan fingerprint density at radius 2 is 0.595 bits per heavy atom. The van der Waals surface area contributed by atoms with Crippen molar-refractivity contribution in [3.8, 4) is 0 Å². The van der Waals surface area contributed by atoms with E-state index in [0.29, 0.717) is 0 Å². The van der Waals surface area contributed by atoms with Gasteiger partial charge in [-0.3, -0.25) is 0 Å².